The van der Waals surface area contributed by atoms with E-state index in [1.807, 2.05) is 32.9 Å². The summed E-state index contributed by atoms with van der Waals surface area (Å²) in [6, 6.07) is 15.3. The number of hydrogen-bond donors (Lipinski definition) is 1. The molecule has 25 heavy (non-hydrogen) atoms. The van der Waals surface area contributed by atoms with E-state index in [1.165, 1.54) is 16.4 Å². The molecule has 0 heterocycles. The molecule has 0 radical (unpaired) electrons. The fourth-order valence-electron chi connectivity index (χ4n) is 2.37. The number of benzene rings is 2. The number of anilines is 1. The number of carbonyl (C=O) groups is 1. The fraction of sp³-hybridized carbons (Fsp3) is 0.316. The summed E-state index contributed by atoms with van der Waals surface area (Å²) < 4.78 is 27.4. The molecule has 2 rings (SSSR count). The minimum atomic E-state index is -3.84. The third-order valence-electron chi connectivity index (χ3n) is 3.71. The summed E-state index contributed by atoms with van der Waals surface area (Å²) in [5.41, 5.74) is 1.30. The molecule has 0 aromatic heterocycles. The molecule has 0 saturated carbocycles. The first-order chi connectivity index (χ1) is 11.8. The Bertz CT molecular complexity index is 818. The molecule has 0 aliphatic carbocycles. The van der Waals surface area contributed by atoms with Crippen molar-refractivity contribution in [3.05, 3.63) is 60.2 Å². The fourth-order valence-corrected chi connectivity index (χ4v) is 3.87. The van der Waals surface area contributed by atoms with Crippen LogP contribution in [0.2, 0.25) is 0 Å². The van der Waals surface area contributed by atoms with Gasteiger partial charge in [-0.2, -0.15) is 0 Å². The number of para-hydroxylation sites is 1. The molecule has 0 aliphatic rings. The van der Waals surface area contributed by atoms with Crippen molar-refractivity contribution in [1.29, 1.82) is 0 Å². The molecule has 2 aromatic carbocycles. The van der Waals surface area contributed by atoms with Crippen molar-refractivity contribution in [1.82, 2.24) is 5.32 Å². The van der Waals surface area contributed by atoms with Gasteiger partial charge in [0.2, 0.25) is 5.91 Å². The Morgan fingerprint density at radius 3 is 2.24 bits per heavy atom. The summed E-state index contributed by atoms with van der Waals surface area (Å²) in [4.78, 5) is 12.5. The maximum Gasteiger partial charge on any atom is 0.264 e. The molecule has 5 nitrogen and oxygen atoms in total. The molecule has 0 bridgehead atoms. The van der Waals surface area contributed by atoms with Gasteiger partial charge in [-0.05, 0) is 36.6 Å². The van der Waals surface area contributed by atoms with Gasteiger partial charge in [0.15, 0.2) is 0 Å². The van der Waals surface area contributed by atoms with E-state index in [4.69, 9.17) is 0 Å². The second-order valence-corrected chi connectivity index (χ2v) is 8.17. The highest BCUT2D eigenvalue weighted by Gasteiger charge is 2.27. The van der Waals surface area contributed by atoms with Crippen molar-refractivity contribution >= 4 is 21.6 Å². The van der Waals surface area contributed by atoms with Crippen LogP contribution in [-0.2, 0) is 14.8 Å². The summed E-state index contributed by atoms with van der Waals surface area (Å²) in [5.74, 6) is -0.0296. The molecule has 0 aliphatic heterocycles. The third-order valence-corrected chi connectivity index (χ3v) is 5.48. The molecule has 134 valence electrons. The van der Waals surface area contributed by atoms with Gasteiger partial charge in [0.1, 0.15) is 6.54 Å². The minimum Gasteiger partial charge on any atom is -0.354 e. The van der Waals surface area contributed by atoms with Gasteiger partial charge < -0.3 is 5.32 Å². The van der Waals surface area contributed by atoms with Crippen molar-refractivity contribution in [2.75, 3.05) is 17.4 Å². The summed E-state index contributed by atoms with van der Waals surface area (Å²) in [5, 5.41) is 2.78. The molecule has 0 atom stereocenters. The number of nitrogens with zero attached hydrogens (tertiary/aromatic N) is 1. The number of rotatable bonds is 7. The molecule has 0 unspecified atom stereocenters. The lowest BCUT2D eigenvalue weighted by molar-refractivity contribution is -0.119. The first-order valence-electron chi connectivity index (χ1n) is 8.22. The van der Waals surface area contributed by atoms with Gasteiger partial charge in [0.05, 0.1) is 10.6 Å². The van der Waals surface area contributed by atoms with Gasteiger partial charge >= 0.3 is 0 Å². The number of carbonyl (C=O) groups excluding carboxylic acids is 1. The predicted molar refractivity (Wildman–Crippen MR) is 100 cm³/mol. The van der Waals surface area contributed by atoms with Crippen LogP contribution >= 0.6 is 0 Å². The van der Waals surface area contributed by atoms with Gasteiger partial charge in [0, 0.05) is 6.54 Å². The van der Waals surface area contributed by atoms with Crippen LogP contribution in [0, 0.1) is 12.8 Å². The molecule has 2 aromatic rings. The van der Waals surface area contributed by atoms with E-state index in [-0.39, 0.29) is 17.3 Å². The van der Waals surface area contributed by atoms with E-state index in [9.17, 15) is 13.2 Å². The molecule has 0 spiro atoms. The molecule has 1 N–H and O–H groups in total. The van der Waals surface area contributed by atoms with Crippen LogP contribution < -0.4 is 9.62 Å². The molecule has 0 fully saturated rings. The number of hydrogen-bond acceptors (Lipinski definition) is 3. The van der Waals surface area contributed by atoms with E-state index < -0.39 is 10.0 Å². The number of amides is 1. The second-order valence-electron chi connectivity index (χ2n) is 6.31. The maximum absolute atomic E-state index is 13.1. The van der Waals surface area contributed by atoms with Crippen LogP contribution in [0.4, 0.5) is 5.69 Å². The van der Waals surface area contributed by atoms with Crippen LogP contribution in [-0.4, -0.2) is 27.4 Å². The van der Waals surface area contributed by atoms with Gasteiger partial charge in [-0.1, -0.05) is 50.2 Å². The van der Waals surface area contributed by atoms with Crippen molar-refractivity contribution in [3.63, 3.8) is 0 Å². The van der Waals surface area contributed by atoms with Crippen molar-refractivity contribution < 1.29 is 13.2 Å². The average Bonchev–Trinajstić information content (AvgIpc) is 2.59. The van der Waals surface area contributed by atoms with Crippen molar-refractivity contribution in [2.24, 2.45) is 5.92 Å². The smallest absolute Gasteiger partial charge is 0.264 e. The molecule has 1 amide bonds. The monoisotopic (exact) mass is 360 g/mol. The Kier molecular flexibility index (Phi) is 6.20. The highest BCUT2D eigenvalue weighted by atomic mass is 32.2. The van der Waals surface area contributed by atoms with Gasteiger partial charge in [-0.25, -0.2) is 8.42 Å². The Labute approximate surface area is 149 Å². The highest BCUT2D eigenvalue weighted by Crippen LogP contribution is 2.26. The Hall–Kier alpha value is -2.34. The highest BCUT2D eigenvalue weighted by molar-refractivity contribution is 7.92. The zero-order valence-corrected chi connectivity index (χ0v) is 15.6. The lowest BCUT2D eigenvalue weighted by atomic mass is 10.2. The first-order valence-corrected chi connectivity index (χ1v) is 9.66. The molecule has 6 heteroatoms. The Balaban J connectivity index is 2.40. The second kappa shape index (κ2) is 8.16. The normalized spacial score (nSPS) is 11.4. The SMILES string of the molecule is Cc1ccccc1N(CC(=O)NCC(C)C)S(=O)(=O)c1ccccc1. The molecular weight excluding hydrogens is 336 g/mol. The van der Waals surface area contributed by atoms with Crippen LogP contribution in [0.3, 0.4) is 0 Å². The Morgan fingerprint density at radius 2 is 1.64 bits per heavy atom. The average molecular weight is 360 g/mol. The topological polar surface area (TPSA) is 66.5 Å². The quantitative estimate of drug-likeness (QED) is 0.825. The predicted octanol–water partition coefficient (Wildman–Crippen LogP) is 2.96. The number of sulfonamides is 1. The van der Waals surface area contributed by atoms with E-state index in [0.29, 0.717) is 18.2 Å². The molecule has 0 saturated heterocycles. The summed E-state index contributed by atoms with van der Waals surface area (Å²) in [7, 11) is -3.84. The minimum absolute atomic E-state index is 0.162. The number of nitrogens with one attached hydrogen (secondary N) is 1. The van der Waals surface area contributed by atoms with Crippen molar-refractivity contribution in [3.8, 4) is 0 Å². The van der Waals surface area contributed by atoms with E-state index in [0.717, 1.165) is 5.56 Å². The van der Waals surface area contributed by atoms with Gasteiger partial charge in [-0.15, -0.1) is 0 Å². The lowest BCUT2D eigenvalue weighted by Gasteiger charge is -2.25. The van der Waals surface area contributed by atoms with E-state index in [1.54, 1.807) is 30.3 Å². The number of aryl methyl sites for hydroxylation is 1. The summed E-state index contributed by atoms with van der Waals surface area (Å²) >= 11 is 0. The van der Waals surface area contributed by atoms with Crippen molar-refractivity contribution in [2.45, 2.75) is 25.7 Å². The summed E-state index contributed by atoms with van der Waals surface area (Å²) in [6.07, 6.45) is 0. The van der Waals surface area contributed by atoms with Crippen LogP contribution in [0.25, 0.3) is 0 Å². The molecular formula is C19H24N2O3S. The zero-order valence-electron chi connectivity index (χ0n) is 14.8. The van der Waals surface area contributed by atoms with Gasteiger partial charge in [-0.3, -0.25) is 9.10 Å². The first kappa shape index (κ1) is 19.0. The van der Waals surface area contributed by atoms with Gasteiger partial charge in [0.25, 0.3) is 10.0 Å². The van der Waals surface area contributed by atoms with Crippen LogP contribution in [0.1, 0.15) is 19.4 Å². The lowest BCUT2D eigenvalue weighted by Crippen LogP contribution is -2.42. The van der Waals surface area contributed by atoms with E-state index in [2.05, 4.69) is 5.32 Å². The standard InChI is InChI=1S/C19H24N2O3S/c1-15(2)13-20-19(22)14-21(18-12-8-7-9-16(18)3)25(23,24)17-10-5-4-6-11-17/h4-12,15H,13-14H2,1-3H3,(H,20,22). The zero-order chi connectivity index (χ0) is 18.4. The van der Waals surface area contributed by atoms with Crippen LogP contribution in [0.15, 0.2) is 59.5 Å². The summed E-state index contributed by atoms with van der Waals surface area (Å²) in [6.45, 7) is 6.05. The maximum atomic E-state index is 13.1. The largest absolute Gasteiger partial charge is 0.354 e. The van der Waals surface area contributed by atoms with E-state index >= 15 is 0 Å². The third kappa shape index (κ3) is 4.82. The van der Waals surface area contributed by atoms with Crippen LogP contribution in [0.5, 0.6) is 0 Å². The Morgan fingerprint density at radius 1 is 1.04 bits per heavy atom.